The lowest BCUT2D eigenvalue weighted by Gasteiger charge is -2.06. The van der Waals surface area contributed by atoms with Gasteiger partial charge in [-0.25, -0.2) is 8.42 Å². The van der Waals surface area contributed by atoms with Gasteiger partial charge in [-0.05, 0) is 49.4 Å². The molecule has 0 fully saturated rings. The number of benzene rings is 1. The summed E-state index contributed by atoms with van der Waals surface area (Å²) >= 11 is 4.61. The Morgan fingerprint density at radius 2 is 1.86 bits per heavy atom. The molecule has 2 N–H and O–H groups in total. The monoisotopic (exact) mass is 388 g/mol. The molecule has 4 nitrogen and oxygen atoms in total. The van der Waals surface area contributed by atoms with Gasteiger partial charge in [0.2, 0.25) is 0 Å². The van der Waals surface area contributed by atoms with Crippen molar-refractivity contribution in [3.63, 3.8) is 0 Å². The van der Waals surface area contributed by atoms with Gasteiger partial charge in [0.25, 0.3) is 10.0 Å². The number of hydrogen-bond acceptors (Lipinski definition) is 4. The maximum Gasteiger partial charge on any atom is 0.271 e. The van der Waals surface area contributed by atoms with E-state index in [9.17, 15) is 8.42 Å². The third-order valence-electron chi connectivity index (χ3n) is 2.72. The minimum Gasteiger partial charge on any atom is -0.312 e. The van der Waals surface area contributed by atoms with Crippen LogP contribution in [0.5, 0.6) is 0 Å². The minimum absolute atomic E-state index is 0.332. The zero-order chi connectivity index (χ0) is 15.3. The van der Waals surface area contributed by atoms with Crippen LogP contribution in [0.2, 0.25) is 0 Å². The van der Waals surface area contributed by atoms with Crippen molar-refractivity contribution in [1.29, 1.82) is 0 Å². The molecule has 0 saturated carbocycles. The lowest BCUT2D eigenvalue weighted by molar-refractivity contribution is 0.603. The van der Waals surface area contributed by atoms with Crippen molar-refractivity contribution in [2.75, 3.05) is 11.3 Å². The maximum atomic E-state index is 12.3. The lowest BCUT2D eigenvalue weighted by atomic mass is 10.3. The zero-order valence-electron chi connectivity index (χ0n) is 11.6. The summed E-state index contributed by atoms with van der Waals surface area (Å²) in [6.45, 7) is 3.73. The van der Waals surface area contributed by atoms with E-state index in [1.165, 1.54) is 11.3 Å². The number of nitrogens with one attached hydrogen (secondary N) is 2. The highest BCUT2D eigenvalue weighted by atomic mass is 79.9. The second-order valence-corrected chi connectivity index (χ2v) is 8.50. The third-order valence-corrected chi connectivity index (χ3v) is 6.21. The Kier molecular flexibility index (Phi) is 5.80. The molecular formula is C14H17BrN2O2S2. The number of halogens is 1. The Bertz CT molecular complexity index is 681. The van der Waals surface area contributed by atoms with Crippen LogP contribution in [0.15, 0.2) is 45.1 Å². The molecule has 0 aliphatic heterocycles. The molecule has 0 spiro atoms. The van der Waals surface area contributed by atoms with Crippen LogP contribution in [-0.2, 0) is 16.6 Å². The molecule has 1 aromatic heterocycles. The summed E-state index contributed by atoms with van der Waals surface area (Å²) in [5.74, 6) is 0. The number of thiophene rings is 1. The first kappa shape index (κ1) is 16.5. The molecule has 0 radical (unpaired) electrons. The molecule has 114 valence electrons. The lowest BCUT2D eigenvalue weighted by Crippen LogP contribution is -2.13. The first-order valence-corrected chi connectivity index (χ1v) is 9.68. The predicted octanol–water partition coefficient (Wildman–Crippen LogP) is 3.81. The first-order chi connectivity index (χ1) is 10.0. The van der Waals surface area contributed by atoms with E-state index < -0.39 is 10.0 Å². The van der Waals surface area contributed by atoms with Gasteiger partial charge in [0, 0.05) is 21.6 Å². The highest BCUT2D eigenvalue weighted by Crippen LogP contribution is 2.24. The van der Waals surface area contributed by atoms with Gasteiger partial charge < -0.3 is 5.32 Å². The van der Waals surface area contributed by atoms with Gasteiger partial charge in [0.05, 0.1) is 0 Å². The SMILES string of the molecule is CCCNCc1ccc(S(=O)(=O)Nc2ccc(Br)cc2)s1. The van der Waals surface area contributed by atoms with Crippen LogP contribution in [0.25, 0.3) is 0 Å². The maximum absolute atomic E-state index is 12.3. The number of rotatable bonds is 7. The molecule has 0 unspecified atom stereocenters. The van der Waals surface area contributed by atoms with Gasteiger partial charge in [0.1, 0.15) is 4.21 Å². The van der Waals surface area contributed by atoms with Crippen LogP contribution in [0.3, 0.4) is 0 Å². The third kappa shape index (κ3) is 4.81. The largest absolute Gasteiger partial charge is 0.312 e. The van der Waals surface area contributed by atoms with Gasteiger partial charge >= 0.3 is 0 Å². The second-order valence-electron chi connectivity index (χ2n) is 4.51. The van der Waals surface area contributed by atoms with Crippen molar-refractivity contribution in [3.05, 3.63) is 45.7 Å². The summed E-state index contributed by atoms with van der Waals surface area (Å²) in [6, 6.07) is 10.5. The molecule has 0 aliphatic carbocycles. The van der Waals surface area contributed by atoms with E-state index in [4.69, 9.17) is 0 Å². The van der Waals surface area contributed by atoms with Crippen molar-refractivity contribution in [1.82, 2.24) is 5.32 Å². The number of anilines is 1. The molecule has 0 saturated heterocycles. The van der Waals surface area contributed by atoms with Crippen molar-refractivity contribution in [2.45, 2.75) is 24.1 Å². The fraction of sp³-hybridized carbons (Fsp3) is 0.286. The van der Waals surface area contributed by atoms with Crippen LogP contribution in [0.1, 0.15) is 18.2 Å². The Balaban J connectivity index is 2.07. The molecule has 2 rings (SSSR count). The van der Waals surface area contributed by atoms with E-state index >= 15 is 0 Å². The highest BCUT2D eigenvalue weighted by Gasteiger charge is 2.16. The molecule has 1 aromatic carbocycles. The van der Waals surface area contributed by atoms with E-state index in [-0.39, 0.29) is 0 Å². The summed E-state index contributed by atoms with van der Waals surface area (Å²) in [7, 11) is -3.51. The average Bonchev–Trinajstić information content (AvgIpc) is 2.91. The zero-order valence-corrected chi connectivity index (χ0v) is 14.8. The fourth-order valence-corrected chi connectivity index (χ4v) is 4.36. The molecule has 0 aliphatic rings. The Morgan fingerprint density at radius 3 is 2.52 bits per heavy atom. The standard InChI is InChI=1S/C14H17BrN2O2S2/c1-2-9-16-10-13-7-8-14(20-13)21(18,19)17-12-5-3-11(15)4-6-12/h3-8,16-17H,2,9-10H2,1H3. The van der Waals surface area contributed by atoms with Gasteiger partial charge in [-0.3, -0.25) is 4.72 Å². The van der Waals surface area contributed by atoms with Crippen molar-refractivity contribution in [2.24, 2.45) is 0 Å². The van der Waals surface area contributed by atoms with Crippen LogP contribution in [-0.4, -0.2) is 15.0 Å². The first-order valence-electron chi connectivity index (χ1n) is 6.59. The topological polar surface area (TPSA) is 58.2 Å². The molecule has 0 amide bonds. The van der Waals surface area contributed by atoms with E-state index in [0.29, 0.717) is 16.4 Å². The normalized spacial score (nSPS) is 11.5. The van der Waals surface area contributed by atoms with E-state index in [1.54, 1.807) is 30.3 Å². The summed E-state index contributed by atoms with van der Waals surface area (Å²) in [6.07, 6.45) is 1.06. The molecule has 0 atom stereocenters. The molecule has 0 bridgehead atoms. The van der Waals surface area contributed by atoms with Gasteiger partial charge in [-0.1, -0.05) is 22.9 Å². The molecule has 1 heterocycles. The van der Waals surface area contributed by atoms with Gasteiger partial charge in [-0.15, -0.1) is 11.3 Å². The number of sulfonamides is 1. The Labute approximate surface area is 137 Å². The van der Waals surface area contributed by atoms with Crippen LogP contribution < -0.4 is 10.0 Å². The second kappa shape index (κ2) is 7.40. The van der Waals surface area contributed by atoms with Crippen LogP contribution in [0, 0.1) is 0 Å². The van der Waals surface area contributed by atoms with E-state index in [2.05, 4.69) is 32.9 Å². The Hall–Kier alpha value is -0.890. The highest BCUT2D eigenvalue weighted by molar-refractivity contribution is 9.10. The van der Waals surface area contributed by atoms with Crippen LogP contribution >= 0.6 is 27.3 Å². The molecule has 21 heavy (non-hydrogen) atoms. The summed E-state index contributed by atoms with van der Waals surface area (Å²) < 4.78 is 28.4. The average molecular weight is 389 g/mol. The minimum atomic E-state index is -3.51. The molecule has 7 heteroatoms. The van der Waals surface area contributed by atoms with Gasteiger partial charge in [0.15, 0.2) is 0 Å². The Morgan fingerprint density at radius 1 is 1.14 bits per heavy atom. The van der Waals surface area contributed by atoms with Crippen molar-refractivity contribution < 1.29 is 8.42 Å². The van der Waals surface area contributed by atoms with Crippen molar-refractivity contribution >= 4 is 43.0 Å². The molecule has 2 aromatic rings. The summed E-state index contributed by atoms with van der Waals surface area (Å²) in [4.78, 5) is 1.01. The number of hydrogen-bond donors (Lipinski definition) is 2. The summed E-state index contributed by atoms with van der Waals surface area (Å²) in [5, 5.41) is 3.26. The fourth-order valence-electron chi connectivity index (χ4n) is 1.71. The van der Waals surface area contributed by atoms with E-state index in [0.717, 1.165) is 22.3 Å². The quantitative estimate of drug-likeness (QED) is 0.708. The van der Waals surface area contributed by atoms with Gasteiger partial charge in [-0.2, -0.15) is 0 Å². The van der Waals surface area contributed by atoms with E-state index in [1.807, 2.05) is 6.07 Å². The molecular weight excluding hydrogens is 372 g/mol. The van der Waals surface area contributed by atoms with Crippen LogP contribution in [0.4, 0.5) is 5.69 Å². The smallest absolute Gasteiger partial charge is 0.271 e. The summed E-state index contributed by atoms with van der Waals surface area (Å²) in [5.41, 5.74) is 0.553. The predicted molar refractivity (Wildman–Crippen MR) is 91.3 cm³/mol. The van der Waals surface area contributed by atoms with Crippen molar-refractivity contribution in [3.8, 4) is 0 Å².